The molecule has 1 fully saturated rings. The largest absolute Gasteiger partial charge is 0.494 e. The summed E-state index contributed by atoms with van der Waals surface area (Å²) in [6, 6.07) is 16.8. The van der Waals surface area contributed by atoms with Crippen molar-refractivity contribution in [1.29, 1.82) is 0 Å². The van der Waals surface area contributed by atoms with E-state index in [0.717, 1.165) is 17.1 Å². The SMILES string of the molecule is CCOc1ccc(OCC)c(S(=O)(=O)N2CCN(c3cc(-c4ccccc4)ncn3)CC2)c1. The highest BCUT2D eigenvalue weighted by Crippen LogP contribution is 2.32. The summed E-state index contributed by atoms with van der Waals surface area (Å²) < 4.78 is 39.6. The zero-order valence-corrected chi connectivity index (χ0v) is 19.7. The van der Waals surface area contributed by atoms with Crippen LogP contribution >= 0.6 is 0 Å². The van der Waals surface area contributed by atoms with Gasteiger partial charge < -0.3 is 14.4 Å². The van der Waals surface area contributed by atoms with Crippen molar-refractivity contribution in [3.63, 3.8) is 0 Å². The predicted octanol–water partition coefficient (Wildman–Crippen LogP) is 3.45. The van der Waals surface area contributed by atoms with Crippen LogP contribution in [0, 0.1) is 0 Å². The van der Waals surface area contributed by atoms with E-state index < -0.39 is 10.0 Å². The minimum Gasteiger partial charge on any atom is -0.494 e. The fourth-order valence-corrected chi connectivity index (χ4v) is 5.37. The summed E-state index contributed by atoms with van der Waals surface area (Å²) in [5.74, 6) is 1.63. The number of hydrogen-bond acceptors (Lipinski definition) is 7. The number of sulfonamides is 1. The first-order valence-corrected chi connectivity index (χ1v) is 12.5. The van der Waals surface area contributed by atoms with E-state index in [1.165, 1.54) is 4.31 Å². The minimum atomic E-state index is -3.74. The Labute approximate surface area is 194 Å². The molecule has 2 heterocycles. The second-order valence-electron chi connectivity index (χ2n) is 7.49. The summed E-state index contributed by atoms with van der Waals surface area (Å²) in [5.41, 5.74) is 1.85. The Balaban J connectivity index is 1.52. The molecule has 0 atom stereocenters. The molecule has 8 nitrogen and oxygen atoms in total. The molecule has 0 bridgehead atoms. The van der Waals surface area contributed by atoms with Gasteiger partial charge >= 0.3 is 0 Å². The van der Waals surface area contributed by atoms with Gasteiger partial charge in [0, 0.05) is 43.9 Å². The quantitative estimate of drug-likeness (QED) is 0.501. The van der Waals surface area contributed by atoms with Crippen molar-refractivity contribution in [3.05, 3.63) is 60.9 Å². The van der Waals surface area contributed by atoms with Crippen molar-refractivity contribution in [1.82, 2.24) is 14.3 Å². The van der Waals surface area contributed by atoms with Crippen LogP contribution in [0.4, 0.5) is 5.82 Å². The topological polar surface area (TPSA) is 84.9 Å². The van der Waals surface area contributed by atoms with E-state index in [1.54, 1.807) is 24.5 Å². The van der Waals surface area contributed by atoms with Crippen LogP contribution in [0.1, 0.15) is 13.8 Å². The summed E-state index contributed by atoms with van der Waals surface area (Å²) in [5, 5.41) is 0. The predicted molar refractivity (Wildman–Crippen MR) is 127 cm³/mol. The Morgan fingerprint density at radius 1 is 0.879 bits per heavy atom. The fraction of sp³-hybridized carbons (Fsp3) is 0.333. The van der Waals surface area contributed by atoms with Gasteiger partial charge in [0.15, 0.2) is 0 Å². The standard InChI is InChI=1S/C24H28N4O4S/c1-3-31-20-10-11-22(32-4-2)23(16-20)33(29,30)28-14-12-27(13-15-28)24-17-21(25-18-26-24)19-8-6-5-7-9-19/h5-11,16-18H,3-4,12-15H2,1-2H3. The number of hydrogen-bond donors (Lipinski definition) is 0. The van der Waals surface area contributed by atoms with Gasteiger partial charge in [-0.1, -0.05) is 30.3 Å². The molecule has 4 rings (SSSR count). The lowest BCUT2D eigenvalue weighted by Crippen LogP contribution is -2.49. The Morgan fingerprint density at radius 2 is 1.61 bits per heavy atom. The maximum absolute atomic E-state index is 13.5. The summed E-state index contributed by atoms with van der Waals surface area (Å²) in [7, 11) is -3.74. The number of aromatic nitrogens is 2. The van der Waals surface area contributed by atoms with Crippen LogP contribution in [-0.2, 0) is 10.0 Å². The second kappa shape index (κ2) is 10.2. The third-order valence-electron chi connectivity index (χ3n) is 5.43. The first kappa shape index (κ1) is 23.0. The zero-order valence-electron chi connectivity index (χ0n) is 18.8. The Morgan fingerprint density at radius 3 is 2.30 bits per heavy atom. The lowest BCUT2D eigenvalue weighted by Gasteiger charge is -2.35. The van der Waals surface area contributed by atoms with Crippen molar-refractivity contribution < 1.29 is 17.9 Å². The number of ether oxygens (including phenoxy) is 2. The van der Waals surface area contributed by atoms with Crippen LogP contribution in [0.25, 0.3) is 11.3 Å². The molecule has 174 valence electrons. The van der Waals surface area contributed by atoms with Gasteiger partial charge in [0.05, 0.1) is 18.9 Å². The summed E-state index contributed by atoms with van der Waals surface area (Å²) >= 11 is 0. The molecule has 0 amide bonds. The van der Waals surface area contributed by atoms with Gasteiger partial charge in [-0.25, -0.2) is 18.4 Å². The van der Waals surface area contributed by atoms with Crippen molar-refractivity contribution in [2.75, 3.05) is 44.3 Å². The van der Waals surface area contributed by atoms with E-state index in [9.17, 15) is 8.42 Å². The molecular weight excluding hydrogens is 440 g/mol. The molecule has 0 aliphatic carbocycles. The van der Waals surface area contributed by atoms with Gasteiger partial charge in [-0.15, -0.1) is 0 Å². The summed E-state index contributed by atoms with van der Waals surface area (Å²) in [6.07, 6.45) is 1.55. The lowest BCUT2D eigenvalue weighted by atomic mass is 10.1. The molecule has 9 heteroatoms. The maximum atomic E-state index is 13.5. The van der Waals surface area contributed by atoms with Crippen LogP contribution in [0.3, 0.4) is 0 Å². The monoisotopic (exact) mass is 468 g/mol. The summed E-state index contributed by atoms with van der Waals surface area (Å²) in [4.78, 5) is 11.0. The van der Waals surface area contributed by atoms with E-state index >= 15 is 0 Å². The van der Waals surface area contributed by atoms with Gasteiger partial charge in [0.2, 0.25) is 10.0 Å². The second-order valence-corrected chi connectivity index (χ2v) is 9.40. The van der Waals surface area contributed by atoms with Crippen molar-refractivity contribution >= 4 is 15.8 Å². The highest BCUT2D eigenvalue weighted by molar-refractivity contribution is 7.89. The van der Waals surface area contributed by atoms with Crippen LogP contribution in [-0.4, -0.2) is 62.1 Å². The Bertz CT molecular complexity index is 1180. The van der Waals surface area contributed by atoms with Crippen molar-refractivity contribution in [2.45, 2.75) is 18.7 Å². The molecule has 1 saturated heterocycles. The van der Waals surface area contributed by atoms with E-state index in [1.807, 2.05) is 50.2 Å². The highest BCUT2D eigenvalue weighted by Gasteiger charge is 2.32. The van der Waals surface area contributed by atoms with Gasteiger partial charge in [0.25, 0.3) is 0 Å². The number of nitrogens with zero attached hydrogens (tertiary/aromatic N) is 4. The average molecular weight is 469 g/mol. The van der Waals surface area contributed by atoms with Crippen LogP contribution < -0.4 is 14.4 Å². The van der Waals surface area contributed by atoms with E-state index in [2.05, 4.69) is 14.9 Å². The van der Waals surface area contributed by atoms with Crippen LogP contribution in [0.5, 0.6) is 11.5 Å². The zero-order chi connectivity index (χ0) is 23.3. The average Bonchev–Trinajstić information content (AvgIpc) is 2.86. The minimum absolute atomic E-state index is 0.136. The van der Waals surface area contributed by atoms with Gasteiger partial charge in [-0.05, 0) is 26.0 Å². The lowest BCUT2D eigenvalue weighted by molar-refractivity contribution is 0.319. The van der Waals surface area contributed by atoms with Crippen LogP contribution in [0.2, 0.25) is 0 Å². The first-order chi connectivity index (χ1) is 16.0. The van der Waals surface area contributed by atoms with E-state index in [-0.39, 0.29) is 4.90 Å². The third-order valence-corrected chi connectivity index (χ3v) is 7.35. The van der Waals surface area contributed by atoms with E-state index in [0.29, 0.717) is 50.9 Å². The van der Waals surface area contributed by atoms with Gasteiger partial charge in [-0.3, -0.25) is 0 Å². The van der Waals surface area contributed by atoms with Gasteiger partial charge in [0.1, 0.15) is 28.5 Å². The molecule has 0 N–H and O–H groups in total. The Hall–Kier alpha value is -3.17. The smallest absolute Gasteiger partial charge is 0.247 e. The molecule has 2 aromatic carbocycles. The molecule has 1 aromatic heterocycles. The molecule has 0 unspecified atom stereocenters. The number of rotatable bonds is 8. The molecule has 1 aliphatic heterocycles. The molecule has 33 heavy (non-hydrogen) atoms. The Kier molecular flexibility index (Phi) is 7.10. The normalized spacial score (nSPS) is 14.8. The van der Waals surface area contributed by atoms with Gasteiger partial charge in [-0.2, -0.15) is 4.31 Å². The molecule has 0 saturated carbocycles. The molecule has 1 aliphatic rings. The fourth-order valence-electron chi connectivity index (χ4n) is 3.80. The highest BCUT2D eigenvalue weighted by atomic mass is 32.2. The molecular formula is C24H28N4O4S. The van der Waals surface area contributed by atoms with Crippen molar-refractivity contribution in [2.24, 2.45) is 0 Å². The molecule has 0 radical (unpaired) electrons. The van der Waals surface area contributed by atoms with Crippen molar-refractivity contribution in [3.8, 4) is 22.8 Å². The van der Waals surface area contributed by atoms with Crippen LogP contribution in [0.15, 0.2) is 65.8 Å². The molecule has 0 spiro atoms. The summed E-state index contributed by atoms with van der Waals surface area (Å²) in [6.45, 7) is 6.27. The third kappa shape index (κ3) is 5.09. The number of anilines is 1. The first-order valence-electron chi connectivity index (χ1n) is 11.0. The van der Waals surface area contributed by atoms with E-state index in [4.69, 9.17) is 9.47 Å². The maximum Gasteiger partial charge on any atom is 0.247 e. The molecule has 3 aromatic rings. The number of piperazine rings is 1. The number of benzene rings is 2.